The summed E-state index contributed by atoms with van der Waals surface area (Å²) in [6.45, 7) is 4.28. The maximum absolute atomic E-state index is 14.1. The largest absolute Gasteiger partial charge is 0.205 e. The fourth-order valence-corrected chi connectivity index (χ4v) is 3.83. The van der Waals surface area contributed by atoms with Gasteiger partial charge in [0.15, 0.2) is 0 Å². The molecule has 2 heteroatoms. The van der Waals surface area contributed by atoms with Crippen LogP contribution in [0.2, 0.25) is 0 Å². The Kier molecular flexibility index (Phi) is 5.47. The van der Waals surface area contributed by atoms with Gasteiger partial charge >= 0.3 is 0 Å². The van der Waals surface area contributed by atoms with Crippen molar-refractivity contribution < 1.29 is 4.39 Å². The Bertz CT molecular complexity index is 782. The van der Waals surface area contributed by atoms with Gasteiger partial charge in [0.05, 0.1) is 4.88 Å². The number of halogens is 1. The van der Waals surface area contributed by atoms with Crippen LogP contribution in [0.15, 0.2) is 54.6 Å². The van der Waals surface area contributed by atoms with Crippen LogP contribution in [0, 0.1) is 5.82 Å². The van der Waals surface area contributed by atoms with Crippen molar-refractivity contribution in [3.05, 3.63) is 70.9 Å². The summed E-state index contributed by atoms with van der Waals surface area (Å²) in [7, 11) is 0. The zero-order valence-electron chi connectivity index (χ0n) is 14.3. The summed E-state index contributed by atoms with van der Waals surface area (Å²) in [5.41, 5.74) is 4.74. The molecule has 2 aromatic carbocycles. The molecule has 0 nitrogen and oxygen atoms in total. The normalized spacial score (nSPS) is 11.0. The van der Waals surface area contributed by atoms with E-state index in [1.165, 1.54) is 29.5 Å². The van der Waals surface area contributed by atoms with Crippen LogP contribution in [-0.4, -0.2) is 0 Å². The second-order valence-corrected chi connectivity index (χ2v) is 7.26. The minimum absolute atomic E-state index is 0.107. The standard InChI is InChI=1S/C22H23FS/c1-3-5-6-16-7-9-17(10-8-16)18-11-13-19(14-12-18)22-21(23)15-20(4-2)24-22/h7-15H,3-6H2,1-2H3. The van der Waals surface area contributed by atoms with Crippen LogP contribution >= 0.6 is 11.3 Å². The zero-order valence-corrected chi connectivity index (χ0v) is 15.1. The van der Waals surface area contributed by atoms with Crippen LogP contribution in [0.1, 0.15) is 37.1 Å². The van der Waals surface area contributed by atoms with Crippen molar-refractivity contribution in [2.24, 2.45) is 0 Å². The van der Waals surface area contributed by atoms with Gasteiger partial charge in [-0.3, -0.25) is 0 Å². The maximum atomic E-state index is 14.1. The molecule has 24 heavy (non-hydrogen) atoms. The van der Waals surface area contributed by atoms with Crippen LogP contribution in [0.4, 0.5) is 4.39 Å². The van der Waals surface area contributed by atoms with Crippen molar-refractivity contribution in [3.63, 3.8) is 0 Å². The van der Waals surface area contributed by atoms with Crippen molar-refractivity contribution in [1.82, 2.24) is 0 Å². The molecular formula is C22H23FS. The number of thiophene rings is 1. The van der Waals surface area contributed by atoms with Crippen molar-refractivity contribution in [3.8, 4) is 21.6 Å². The van der Waals surface area contributed by atoms with Crippen LogP contribution in [-0.2, 0) is 12.8 Å². The Balaban J connectivity index is 1.80. The lowest BCUT2D eigenvalue weighted by Gasteiger charge is -2.06. The second kappa shape index (κ2) is 7.76. The second-order valence-electron chi connectivity index (χ2n) is 6.12. The Hall–Kier alpha value is -1.93. The van der Waals surface area contributed by atoms with E-state index in [9.17, 15) is 4.39 Å². The quantitative estimate of drug-likeness (QED) is 0.448. The molecule has 1 heterocycles. The number of hydrogen-bond acceptors (Lipinski definition) is 1. The molecule has 0 aliphatic rings. The summed E-state index contributed by atoms with van der Waals surface area (Å²) in [5.74, 6) is -0.107. The van der Waals surface area contributed by atoms with Gasteiger partial charge in [-0.05, 0) is 47.6 Å². The predicted octanol–water partition coefficient (Wildman–Crippen LogP) is 7.13. The maximum Gasteiger partial charge on any atom is 0.142 e. The van der Waals surface area contributed by atoms with E-state index in [2.05, 4.69) is 50.2 Å². The number of benzene rings is 2. The summed E-state index contributed by atoms with van der Waals surface area (Å²) < 4.78 is 14.1. The lowest BCUT2D eigenvalue weighted by atomic mass is 10.0. The van der Waals surface area contributed by atoms with Crippen LogP contribution in [0.25, 0.3) is 21.6 Å². The molecular weight excluding hydrogens is 315 g/mol. The lowest BCUT2D eigenvalue weighted by Crippen LogP contribution is -1.85. The van der Waals surface area contributed by atoms with Crippen molar-refractivity contribution in [1.29, 1.82) is 0 Å². The van der Waals surface area contributed by atoms with Gasteiger partial charge in [-0.15, -0.1) is 11.3 Å². The van der Waals surface area contributed by atoms with E-state index in [1.807, 2.05) is 12.1 Å². The Morgan fingerprint density at radius 1 is 0.833 bits per heavy atom. The summed E-state index contributed by atoms with van der Waals surface area (Å²) in [6, 6.07) is 18.7. The summed E-state index contributed by atoms with van der Waals surface area (Å²) in [6.07, 6.45) is 4.49. The average molecular weight is 338 g/mol. The molecule has 0 aliphatic heterocycles. The van der Waals surface area contributed by atoms with Gasteiger partial charge < -0.3 is 0 Å². The van der Waals surface area contributed by atoms with E-state index in [0.29, 0.717) is 0 Å². The summed E-state index contributed by atoms with van der Waals surface area (Å²) in [4.78, 5) is 1.84. The highest BCUT2D eigenvalue weighted by Gasteiger charge is 2.10. The Labute approximate surface area is 148 Å². The first-order valence-corrected chi connectivity index (χ1v) is 9.51. The van der Waals surface area contributed by atoms with Gasteiger partial charge in [0.1, 0.15) is 5.82 Å². The number of rotatable bonds is 6. The molecule has 0 amide bonds. The van der Waals surface area contributed by atoms with Crippen molar-refractivity contribution in [2.75, 3.05) is 0 Å². The smallest absolute Gasteiger partial charge is 0.142 e. The monoisotopic (exact) mass is 338 g/mol. The fourth-order valence-electron chi connectivity index (χ4n) is 2.85. The number of aryl methyl sites for hydroxylation is 2. The molecule has 0 spiro atoms. The van der Waals surface area contributed by atoms with E-state index in [4.69, 9.17) is 0 Å². The topological polar surface area (TPSA) is 0 Å². The highest BCUT2D eigenvalue weighted by atomic mass is 32.1. The van der Waals surface area contributed by atoms with Crippen LogP contribution in [0.5, 0.6) is 0 Å². The first kappa shape index (κ1) is 16.9. The minimum atomic E-state index is -0.107. The number of hydrogen-bond donors (Lipinski definition) is 0. The molecule has 124 valence electrons. The van der Waals surface area contributed by atoms with Gasteiger partial charge in [0.2, 0.25) is 0 Å². The molecule has 0 bridgehead atoms. The summed E-state index contributed by atoms with van der Waals surface area (Å²) in [5, 5.41) is 0. The molecule has 0 aliphatic carbocycles. The first-order valence-electron chi connectivity index (χ1n) is 8.69. The molecule has 0 N–H and O–H groups in total. The van der Waals surface area contributed by atoms with E-state index < -0.39 is 0 Å². The van der Waals surface area contributed by atoms with Crippen molar-refractivity contribution >= 4 is 11.3 Å². The molecule has 0 fully saturated rings. The van der Waals surface area contributed by atoms with Crippen LogP contribution in [0.3, 0.4) is 0 Å². The average Bonchev–Trinajstić information content (AvgIpc) is 3.01. The van der Waals surface area contributed by atoms with E-state index in [-0.39, 0.29) is 5.82 Å². The Morgan fingerprint density at radius 3 is 1.96 bits per heavy atom. The molecule has 0 radical (unpaired) electrons. The third kappa shape index (κ3) is 3.76. The van der Waals surface area contributed by atoms with Crippen LogP contribution < -0.4 is 0 Å². The first-order chi connectivity index (χ1) is 11.7. The molecule has 0 saturated heterocycles. The molecule has 0 atom stereocenters. The van der Waals surface area contributed by atoms with E-state index >= 15 is 0 Å². The minimum Gasteiger partial charge on any atom is -0.205 e. The molecule has 0 unspecified atom stereocenters. The van der Waals surface area contributed by atoms with Gasteiger partial charge in [0.25, 0.3) is 0 Å². The zero-order chi connectivity index (χ0) is 16.9. The van der Waals surface area contributed by atoms with Crippen molar-refractivity contribution in [2.45, 2.75) is 39.5 Å². The van der Waals surface area contributed by atoms with Gasteiger partial charge in [-0.1, -0.05) is 68.8 Å². The molecule has 0 saturated carbocycles. The van der Waals surface area contributed by atoms with Gasteiger partial charge in [-0.25, -0.2) is 4.39 Å². The van der Waals surface area contributed by atoms with E-state index in [1.54, 1.807) is 17.4 Å². The SMILES string of the molecule is CCCCc1ccc(-c2ccc(-c3sc(CC)cc3F)cc2)cc1. The molecule has 1 aromatic heterocycles. The van der Waals surface area contributed by atoms with Gasteiger partial charge in [-0.2, -0.15) is 0 Å². The third-order valence-corrected chi connectivity index (χ3v) is 5.64. The highest BCUT2D eigenvalue weighted by Crippen LogP contribution is 2.33. The molecule has 3 aromatic rings. The highest BCUT2D eigenvalue weighted by molar-refractivity contribution is 7.15. The summed E-state index contributed by atoms with van der Waals surface area (Å²) >= 11 is 1.55. The number of unbranched alkanes of at least 4 members (excludes halogenated alkanes) is 1. The van der Waals surface area contributed by atoms with E-state index in [0.717, 1.165) is 28.2 Å². The molecule has 3 rings (SSSR count). The Morgan fingerprint density at radius 2 is 1.42 bits per heavy atom. The van der Waals surface area contributed by atoms with Gasteiger partial charge in [0, 0.05) is 4.88 Å². The fraction of sp³-hybridized carbons (Fsp3) is 0.273. The lowest BCUT2D eigenvalue weighted by molar-refractivity contribution is 0.635. The third-order valence-electron chi connectivity index (χ3n) is 4.34. The predicted molar refractivity (Wildman–Crippen MR) is 103 cm³/mol.